The number of nitrogens with zero attached hydrogens (tertiary/aromatic N) is 5. The Balaban J connectivity index is 1.96. The van der Waals surface area contributed by atoms with Crippen molar-refractivity contribution in [1.29, 1.82) is 0 Å². The third kappa shape index (κ3) is 1.60. The number of nitrogen functional groups attached to an aromatic ring is 1. The smallest absolute Gasteiger partial charge is 0.239 e. The van der Waals surface area contributed by atoms with Gasteiger partial charge in [-0.15, -0.1) is 5.10 Å². The molecule has 2 N–H and O–H groups in total. The zero-order chi connectivity index (χ0) is 12.9. The zero-order valence-electron chi connectivity index (χ0n) is 11.0. The lowest BCUT2D eigenvalue weighted by Gasteiger charge is -2.23. The predicted octanol–water partition coefficient (Wildman–Crippen LogP) is 0.941. The van der Waals surface area contributed by atoms with E-state index in [1.54, 1.807) is 0 Å². The third-order valence-electron chi connectivity index (χ3n) is 3.85. The molecule has 1 aliphatic rings. The molecule has 0 aromatic carbocycles. The fourth-order valence-corrected chi connectivity index (χ4v) is 2.94. The van der Waals surface area contributed by atoms with Gasteiger partial charge < -0.3 is 5.73 Å². The standard InChI is InChI=1S/C12H18N6/c1-7-11(8(2)17(3)15-7)9-4-5-10-14-12(13)16-18(10)6-9/h9H,4-6H2,1-3H3,(H2,13,16). The Morgan fingerprint density at radius 2 is 2.06 bits per heavy atom. The van der Waals surface area contributed by atoms with E-state index in [1.165, 1.54) is 11.3 Å². The van der Waals surface area contributed by atoms with Gasteiger partial charge in [-0.2, -0.15) is 10.1 Å². The van der Waals surface area contributed by atoms with Gasteiger partial charge in [-0.3, -0.25) is 4.68 Å². The fraction of sp³-hybridized carbons (Fsp3) is 0.583. The van der Waals surface area contributed by atoms with Crippen molar-refractivity contribution in [3.63, 3.8) is 0 Å². The van der Waals surface area contributed by atoms with Crippen molar-refractivity contribution in [2.75, 3.05) is 5.73 Å². The molecule has 3 heterocycles. The number of aryl methyl sites for hydroxylation is 3. The van der Waals surface area contributed by atoms with E-state index >= 15 is 0 Å². The molecular weight excluding hydrogens is 228 g/mol. The maximum absolute atomic E-state index is 5.65. The van der Waals surface area contributed by atoms with Gasteiger partial charge in [-0.05, 0) is 20.3 Å². The number of fused-ring (bicyclic) bond motifs is 1. The van der Waals surface area contributed by atoms with E-state index in [0.29, 0.717) is 11.9 Å². The van der Waals surface area contributed by atoms with Gasteiger partial charge in [0.05, 0.1) is 12.2 Å². The van der Waals surface area contributed by atoms with Crippen LogP contribution >= 0.6 is 0 Å². The first-order valence-corrected chi connectivity index (χ1v) is 6.25. The summed E-state index contributed by atoms with van der Waals surface area (Å²) in [6.45, 7) is 5.06. The highest BCUT2D eigenvalue weighted by Crippen LogP contribution is 2.31. The summed E-state index contributed by atoms with van der Waals surface area (Å²) >= 11 is 0. The molecule has 0 spiro atoms. The molecule has 0 saturated carbocycles. The molecule has 2 aromatic rings. The number of rotatable bonds is 1. The largest absolute Gasteiger partial charge is 0.366 e. The summed E-state index contributed by atoms with van der Waals surface area (Å²) in [6.07, 6.45) is 2.02. The first kappa shape index (κ1) is 11.3. The molecule has 0 amide bonds. The van der Waals surface area contributed by atoms with Crippen LogP contribution in [0.4, 0.5) is 5.95 Å². The highest BCUT2D eigenvalue weighted by atomic mass is 15.4. The van der Waals surface area contributed by atoms with Crippen molar-refractivity contribution in [1.82, 2.24) is 24.5 Å². The number of nitrogens with two attached hydrogens (primary N) is 1. The van der Waals surface area contributed by atoms with Crippen molar-refractivity contribution in [3.05, 3.63) is 22.8 Å². The Morgan fingerprint density at radius 3 is 2.72 bits per heavy atom. The van der Waals surface area contributed by atoms with Crippen LogP contribution in [0.1, 0.15) is 35.1 Å². The van der Waals surface area contributed by atoms with Crippen LogP contribution in [0, 0.1) is 13.8 Å². The first-order chi connectivity index (χ1) is 8.56. The molecule has 0 saturated heterocycles. The molecule has 0 radical (unpaired) electrons. The van der Waals surface area contributed by atoms with Crippen molar-refractivity contribution >= 4 is 5.95 Å². The number of anilines is 1. The average Bonchev–Trinajstić information content (AvgIpc) is 2.78. The molecule has 1 atom stereocenters. The van der Waals surface area contributed by atoms with Crippen LogP contribution in [0.15, 0.2) is 0 Å². The fourth-order valence-electron chi connectivity index (χ4n) is 2.94. The SMILES string of the molecule is Cc1nn(C)c(C)c1C1CCc2nc(N)nn2C1. The molecule has 6 heteroatoms. The van der Waals surface area contributed by atoms with E-state index in [-0.39, 0.29) is 0 Å². The lowest BCUT2D eigenvalue weighted by Crippen LogP contribution is -2.21. The second kappa shape index (κ2) is 3.83. The Hall–Kier alpha value is -1.85. The van der Waals surface area contributed by atoms with E-state index in [1.807, 2.05) is 16.4 Å². The van der Waals surface area contributed by atoms with Gasteiger partial charge in [0, 0.05) is 30.6 Å². The molecule has 18 heavy (non-hydrogen) atoms. The average molecular weight is 246 g/mol. The van der Waals surface area contributed by atoms with Crippen LogP contribution in [-0.2, 0) is 20.0 Å². The van der Waals surface area contributed by atoms with E-state index < -0.39 is 0 Å². The highest BCUT2D eigenvalue weighted by molar-refractivity contribution is 5.30. The summed E-state index contributed by atoms with van der Waals surface area (Å²) in [4.78, 5) is 4.24. The van der Waals surface area contributed by atoms with Crippen LogP contribution in [-0.4, -0.2) is 24.5 Å². The molecular formula is C12H18N6. The number of hydrogen-bond donors (Lipinski definition) is 1. The van der Waals surface area contributed by atoms with Gasteiger partial charge in [0.2, 0.25) is 5.95 Å². The van der Waals surface area contributed by atoms with Gasteiger partial charge in [0.15, 0.2) is 0 Å². The van der Waals surface area contributed by atoms with Crippen LogP contribution in [0.5, 0.6) is 0 Å². The minimum atomic E-state index is 0.380. The molecule has 0 fully saturated rings. The zero-order valence-corrected chi connectivity index (χ0v) is 11.0. The van der Waals surface area contributed by atoms with Crippen molar-refractivity contribution in [2.45, 2.75) is 39.2 Å². The maximum Gasteiger partial charge on any atom is 0.239 e. The van der Waals surface area contributed by atoms with Crippen LogP contribution in [0.2, 0.25) is 0 Å². The van der Waals surface area contributed by atoms with Gasteiger partial charge in [-0.25, -0.2) is 4.68 Å². The van der Waals surface area contributed by atoms with E-state index in [4.69, 9.17) is 5.73 Å². The Bertz CT molecular complexity index is 594. The van der Waals surface area contributed by atoms with Gasteiger partial charge in [0.1, 0.15) is 5.82 Å². The van der Waals surface area contributed by atoms with E-state index in [0.717, 1.165) is 30.9 Å². The number of aromatic nitrogens is 5. The first-order valence-electron chi connectivity index (χ1n) is 6.25. The van der Waals surface area contributed by atoms with Crippen molar-refractivity contribution in [2.24, 2.45) is 7.05 Å². The normalized spacial score (nSPS) is 18.9. The van der Waals surface area contributed by atoms with Crippen LogP contribution in [0.3, 0.4) is 0 Å². The van der Waals surface area contributed by atoms with Crippen molar-refractivity contribution in [3.8, 4) is 0 Å². The molecule has 96 valence electrons. The molecule has 0 bridgehead atoms. The summed E-state index contributed by atoms with van der Waals surface area (Å²) in [5, 5.41) is 8.74. The van der Waals surface area contributed by atoms with Gasteiger partial charge >= 0.3 is 0 Å². The maximum atomic E-state index is 5.65. The summed E-state index contributed by atoms with van der Waals surface area (Å²) in [6, 6.07) is 0. The lowest BCUT2D eigenvalue weighted by atomic mass is 9.90. The molecule has 2 aromatic heterocycles. The minimum absolute atomic E-state index is 0.380. The van der Waals surface area contributed by atoms with Gasteiger partial charge in [0.25, 0.3) is 0 Å². The number of hydrogen-bond acceptors (Lipinski definition) is 4. The summed E-state index contributed by atoms with van der Waals surface area (Å²) < 4.78 is 3.89. The summed E-state index contributed by atoms with van der Waals surface area (Å²) in [7, 11) is 1.99. The van der Waals surface area contributed by atoms with Crippen LogP contribution in [0.25, 0.3) is 0 Å². The van der Waals surface area contributed by atoms with Crippen molar-refractivity contribution < 1.29 is 0 Å². The molecule has 6 nitrogen and oxygen atoms in total. The third-order valence-corrected chi connectivity index (χ3v) is 3.85. The molecule has 0 aliphatic carbocycles. The summed E-state index contributed by atoms with van der Waals surface area (Å²) in [5.41, 5.74) is 9.37. The molecule has 3 rings (SSSR count). The lowest BCUT2D eigenvalue weighted by molar-refractivity contribution is 0.421. The van der Waals surface area contributed by atoms with Gasteiger partial charge in [-0.1, -0.05) is 0 Å². The summed E-state index contributed by atoms with van der Waals surface area (Å²) in [5.74, 6) is 1.85. The van der Waals surface area contributed by atoms with E-state index in [9.17, 15) is 0 Å². The predicted molar refractivity (Wildman–Crippen MR) is 68.2 cm³/mol. The van der Waals surface area contributed by atoms with Crippen LogP contribution < -0.4 is 5.73 Å². The second-order valence-corrected chi connectivity index (χ2v) is 5.01. The Morgan fingerprint density at radius 1 is 1.28 bits per heavy atom. The monoisotopic (exact) mass is 246 g/mol. The highest BCUT2D eigenvalue weighted by Gasteiger charge is 2.26. The second-order valence-electron chi connectivity index (χ2n) is 5.01. The molecule has 1 unspecified atom stereocenters. The minimum Gasteiger partial charge on any atom is -0.366 e. The Kier molecular flexibility index (Phi) is 2.39. The topological polar surface area (TPSA) is 74.6 Å². The molecule has 1 aliphatic heterocycles. The quantitative estimate of drug-likeness (QED) is 0.812. The van der Waals surface area contributed by atoms with E-state index in [2.05, 4.69) is 29.0 Å². The Labute approximate surface area is 106 Å².